The molecule has 3 nitrogen and oxygen atoms in total. The third-order valence-corrected chi connectivity index (χ3v) is 5.01. The molecular formula is C16H21BrO3. The third kappa shape index (κ3) is 3.23. The van der Waals surface area contributed by atoms with Gasteiger partial charge in [-0.1, -0.05) is 28.1 Å². The van der Waals surface area contributed by atoms with E-state index < -0.39 is 5.60 Å². The van der Waals surface area contributed by atoms with Gasteiger partial charge >= 0.3 is 5.97 Å². The summed E-state index contributed by atoms with van der Waals surface area (Å²) >= 11 is 3.41. The zero-order chi connectivity index (χ0) is 14.8. The van der Waals surface area contributed by atoms with Crippen LogP contribution in [0.3, 0.4) is 0 Å². The fourth-order valence-electron chi connectivity index (χ4n) is 3.08. The maximum absolute atomic E-state index is 11.5. The highest BCUT2D eigenvalue weighted by Crippen LogP contribution is 2.41. The summed E-state index contributed by atoms with van der Waals surface area (Å²) in [5.74, 6) is 0.0632. The van der Waals surface area contributed by atoms with E-state index in [1.807, 2.05) is 31.2 Å². The smallest absolute Gasteiger partial charge is 0.308 e. The lowest BCUT2D eigenvalue weighted by atomic mass is 9.71. The van der Waals surface area contributed by atoms with Gasteiger partial charge in [0.25, 0.3) is 0 Å². The van der Waals surface area contributed by atoms with Crippen molar-refractivity contribution < 1.29 is 14.6 Å². The molecule has 1 aliphatic carbocycles. The molecule has 0 aromatic heterocycles. The molecular weight excluding hydrogens is 320 g/mol. The Labute approximate surface area is 128 Å². The summed E-state index contributed by atoms with van der Waals surface area (Å²) in [5, 5.41) is 10.9. The van der Waals surface area contributed by atoms with Gasteiger partial charge in [-0.3, -0.25) is 4.79 Å². The number of ether oxygens (including phenoxy) is 1. The fourth-order valence-corrected chi connectivity index (χ4v) is 3.35. The Morgan fingerprint density at radius 3 is 2.30 bits per heavy atom. The molecule has 1 aromatic carbocycles. The number of aliphatic hydroxyl groups is 1. The molecule has 1 aromatic rings. The van der Waals surface area contributed by atoms with Gasteiger partial charge in [0.2, 0.25) is 0 Å². The summed E-state index contributed by atoms with van der Waals surface area (Å²) in [6.07, 6.45) is 3.29. The molecule has 0 heterocycles. The first kappa shape index (κ1) is 15.5. The molecule has 4 heteroatoms. The number of hydrogen-bond acceptors (Lipinski definition) is 3. The van der Waals surface area contributed by atoms with E-state index in [4.69, 9.17) is 4.74 Å². The Morgan fingerprint density at radius 1 is 1.25 bits per heavy atom. The molecule has 0 bridgehead atoms. The molecule has 1 saturated carbocycles. The molecule has 1 fully saturated rings. The summed E-state index contributed by atoms with van der Waals surface area (Å²) in [4.78, 5) is 11.5. The molecule has 0 spiro atoms. The van der Waals surface area contributed by atoms with Gasteiger partial charge < -0.3 is 9.84 Å². The maximum Gasteiger partial charge on any atom is 0.308 e. The van der Waals surface area contributed by atoms with E-state index in [9.17, 15) is 9.90 Å². The van der Waals surface area contributed by atoms with E-state index in [2.05, 4.69) is 15.9 Å². The maximum atomic E-state index is 11.5. The fraction of sp³-hybridized carbons (Fsp3) is 0.562. The van der Waals surface area contributed by atoms with E-state index in [0.717, 1.165) is 35.7 Å². The van der Waals surface area contributed by atoms with Crippen LogP contribution in [0.5, 0.6) is 0 Å². The molecule has 0 aliphatic heterocycles. The highest BCUT2D eigenvalue weighted by molar-refractivity contribution is 9.10. The summed E-state index contributed by atoms with van der Waals surface area (Å²) in [5.41, 5.74) is 0.0872. The lowest BCUT2D eigenvalue weighted by Gasteiger charge is -2.37. The van der Waals surface area contributed by atoms with Crippen LogP contribution in [0, 0.1) is 11.8 Å². The molecule has 20 heavy (non-hydrogen) atoms. The predicted octanol–water partition coefficient (Wildman–Crippen LogP) is 3.64. The second-order valence-corrected chi connectivity index (χ2v) is 6.64. The zero-order valence-corrected chi connectivity index (χ0v) is 13.5. The Morgan fingerprint density at radius 2 is 1.80 bits per heavy atom. The molecule has 1 aliphatic rings. The topological polar surface area (TPSA) is 46.5 Å². The van der Waals surface area contributed by atoms with Crippen LogP contribution in [0.2, 0.25) is 0 Å². The van der Waals surface area contributed by atoms with Crippen molar-refractivity contribution in [1.29, 1.82) is 0 Å². The van der Waals surface area contributed by atoms with Crippen molar-refractivity contribution in [3.05, 3.63) is 34.3 Å². The van der Waals surface area contributed by atoms with Crippen molar-refractivity contribution in [3.63, 3.8) is 0 Å². The summed E-state index contributed by atoms with van der Waals surface area (Å²) in [7, 11) is 1.44. The summed E-state index contributed by atoms with van der Waals surface area (Å²) in [6.45, 7) is 1.87. The van der Waals surface area contributed by atoms with Crippen LogP contribution in [-0.4, -0.2) is 18.2 Å². The van der Waals surface area contributed by atoms with Gasteiger partial charge in [0.05, 0.1) is 18.6 Å². The predicted molar refractivity (Wildman–Crippen MR) is 81.2 cm³/mol. The quantitative estimate of drug-likeness (QED) is 0.854. The number of esters is 1. The Kier molecular flexibility index (Phi) is 4.86. The van der Waals surface area contributed by atoms with E-state index >= 15 is 0 Å². The van der Waals surface area contributed by atoms with E-state index in [0.29, 0.717) is 0 Å². The van der Waals surface area contributed by atoms with Gasteiger partial charge in [-0.15, -0.1) is 0 Å². The van der Waals surface area contributed by atoms with Crippen LogP contribution in [0.25, 0.3) is 0 Å². The molecule has 0 saturated heterocycles. The summed E-state index contributed by atoms with van der Waals surface area (Å²) in [6, 6.07) is 7.81. The lowest BCUT2D eigenvalue weighted by Crippen LogP contribution is -2.36. The Hall–Kier alpha value is -0.870. The molecule has 1 unspecified atom stereocenters. The first-order chi connectivity index (χ1) is 9.45. The largest absolute Gasteiger partial charge is 0.469 e. The SMILES string of the molecule is COC(=O)C1CCC(C(C)(O)c2ccc(Br)cc2)CC1. The van der Waals surface area contributed by atoms with Gasteiger partial charge in [0, 0.05) is 4.47 Å². The molecule has 1 atom stereocenters. The number of carbonyl (C=O) groups is 1. The van der Waals surface area contributed by atoms with Crippen molar-refractivity contribution in [2.75, 3.05) is 7.11 Å². The first-order valence-electron chi connectivity index (χ1n) is 7.01. The van der Waals surface area contributed by atoms with Crippen LogP contribution in [0.1, 0.15) is 38.2 Å². The van der Waals surface area contributed by atoms with Crippen LogP contribution in [0.15, 0.2) is 28.7 Å². The van der Waals surface area contributed by atoms with Crippen molar-refractivity contribution in [2.45, 2.75) is 38.2 Å². The average Bonchev–Trinajstić information content (AvgIpc) is 2.47. The van der Waals surface area contributed by atoms with Crippen LogP contribution >= 0.6 is 15.9 Å². The number of methoxy groups -OCH3 is 1. The highest BCUT2D eigenvalue weighted by Gasteiger charge is 2.38. The molecule has 1 N–H and O–H groups in total. The lowest BCUT2D eigenvalue weighted by molar-refractivity contribution is -0.147. The second kappa shape index (κ2) is 6.27. The summed E-state index contributed by atoms with van der Waals surface area (Å²) < 4.78 is 5.81. The average molecular weight is 341 g/mol. The second-order valence-electron chi connectivity index (χ2n) is 5.73. The molecule has 110 valence electrons. The minimum atomic E-state index is -0.845. The van der Waals surface area contributed by atoms with Crippen molar-refractivity contribution in [2.24, 2.45) is 11.8 Å². The van der Waals surface area contributed by atoms with Crippen LogP contribution < -0.4 is 0 Å². The molecule has 2 rings (SSSR count). The van der Waals surface area contributed by atoms with E-state index in [1.165, 1.54) is 7.11 Å². The van der Waals surface area contributed by atoms with Crippen molar-refractivity contribution >= 4 is 21.9 Å². The monoisotopic (exact) mass is 340 g/mol. The van der Waals surface area contributed by atoms with Gasteiger partial charge in [-0.25, -0.2) is 0 Å². The Balaban J connectivity index is 2.05. The first-order valence-corrected chi connectivity index (χ1v) is 7.80. The number of carbonyl (C=O) groups excluding carboxylic acids is 1. The minimum Gasteiger partial charge on any atom is -0.469 e. The van der Waals surface area contributed by atoms with Gasteiger partial charge in [0.1, 0.15) is 0 Å². The number of hydrogen-bond donors (Lipinski definition) is 1. The van der Waals surface area contributed by atoms with Gasteiger partial charge in [0.15, 0.2) is 0 Å². The van der Waals surface area contributed by atoms with Crippen molar-refractivity contribution in [3.8, 4) is 0 Å². The zero-order valence-electron chi connectivity index (χ0n) is 11.9. The normalized spacial score (nSPS) is 25.8. The van der Waals surface area contributed by atoms with Gasteiger partial charge in [-0.05, 0) is 56.2 Å². The molecule has 0 amide bonds. The highest BCUT2D eigenvalue weighted by atomic mass is 79.9. The standard InChI is InChI=1S/C16H21BrO3/c1-16(19,13-7-9-14(17)10-8-13)12-5-3-11(4-6-12)15(18)20-2/h7-12,19H,3-6H2,1-2H3. The van der Waals surface area contributed by atoms with E-state index in [1.54, 1.807) is 0 Å². The molecule has 0 radical (unpaired) electrons. The van der Waals surface area contributed by atoms with Crippen LogP contribution in [-0.2, 0) is 15.1 Å². The van der Waals surface area contributed by atoms with Crippen molar-refractivity contribution in [1.82, 2.24) is 0 Å². The van der Waals surface area contributed by atoms with Gasteiger partial charge in [-0.2, -0.15) is 0 Å². The number of rotatable bonds is 3. The van der Waals surface area contributed by atoms with E-state index in [-0.39, 0.29) is 17.8 Å². The number of halogens is 1. The minimum absolute atomic E-state index is 0.00281. The van der Waals surface area contributed by atoms with Crippen LogP contribution in [0.4, 0.5) is 0 Å². The Bertz CT molecular complexity index is 459. The third-order valence-electron chi connectivity index (χ3n) is 4.49. The number of benzene rings is 1.